The molecule has 0 spiro atoms. The highest BCUT2D eigenvalue weighted by Gasteiger charge is 2.39. The Hall–Kier alpha value is -0.613. The minimum Gasteiger partial charge on any atom is -0.463 e. The Morgan fingerprint density at radius 1 is 1.35 bits per heavy atom. The lowest BCUT2D eigenvalue weighted by molar-refractivity contribution is -0.139. The fourth-order valence-corrected chi connectivity index (χ4v) is 2.46. The highest BCUT2D eigenvalue weighted by atomic mass is 28.4. The molecule has 3 nitrogen and oxygen atoms in total. The lowest BCUT2D eigenvalue weighted by atomic mass is 10.2. The fraction of sp³-hybridized carbons (Fsp3) is 0.769. The highest BCUT2D eigenvalue weighted by molar-refractivity contribution is 6.74. The largest absolute Gasteiger partial charge is 0.463 e. The van der Waals surface area contributed by atoms with Crippen molar-refractivity contribution in [2.45, 2.75) is 58.9 Å². The van der Waals surface area contributed by atoms with Gasteiger partial charge in [0.1, 0.15) is 0 Å². The topological polar surface area (TPSA) is 35.5 Å². The molecule has 0 saturated carbocycles. The van der Waals surface area contributed by atoms with Gasteiger partial charge in [-0.1, -0.05) is 27.4 Å². The molecule has 0 fully saturated rings. The Balaban J connectivity index is 4.60. The molecule has 0 aromatic carbocycles. The van der Waals surface area contributed by atoms with Crippen LogP contribution in [0.15, 0.2) is 12.2 Å². The van der Waals surface area contributed by atoms with Gasteiger partial charge in [-0.3, -0.25) is 0 Å². The number of rotatable bonds is 5. The molecule has 0 aromatic rings. The molecular formula is C13H26O3Si. The second kappa shape index (κ2) is 5.82. The van der Waals surface area contributed by atoms with Crippen LogP contribution in [0.5, 0.6) is 0 Å². The number of carbonyl (C=O) groups excluding carboxylic acids is 1. The molecule has 0 aromatic heterocycles. The molecule has 0 aliphatic carbocycles. The molecule has 17 heavy (non-hydrogen) atoms. The van der Waals surface area contributed by atoms with Crippen LogP contribution in [-0.2, 0) is 14.0 Å². The van der Waals surface area contributed by atoms with E-state index in [1.54, 1.807) is 6.92 Å². The van der Waals surface area contributed by atoms with Gasteiger partial charge in [0.25, 0.3) is 0 Å². The van der Waals surface area contributed by atoms with Crippen LogP contribution in [0.25, 0.3) is 0 Å². The maximum absolute atomic E-state index is 11.5. The second-order valence-corrected chi connectivity index (χ2v) is 10.5. The number of hydrogen-bond donors (Lipinski definition) is 0. The maximum atomic E-state index is 11.5. The summed E-state index contributed by atoms with van der Waals surface area (Å²) in [6, 6.07) is 0. The van der Waals surface area contributed by atoms with Crippen molar-refractivity contribution in [1.82, 2.24) is 0 Å². The van der Waals surface area contributed by atoms with E-state index >= 15 is 0 Å². The van der Waals surface area contributed by atoms with E-state index in [4.69, 9.17) is 9.16 Å². The van der Waals surface area contributed by atoms with Gasteiger partial charge in [0, 0.05) is 0 Å². The van der Waals surface area contributed by atoms with Gasteiger partial charge in [-0.2, -0.15) is 0 Å². The smallest absolute Gasteiger partial charge is 0.335 e. The monoisotopic (exact) mass is 258 g/mol. The van der Waals surface area contributed by atoms with Gasteiger partial charge >= 0.3 is 5.97 Å². The standard InChI is InChI=1S/C13H26O3Si/c1-9-15-12(14)10(2)11(3)16-17(7,8)13(4,5)6/h11H,2,9H2,1,3-8H3. The third-order valence-corrected chi connectivity index (χ3v) is 7.86. The summed E-state index contributed by atoms with van der Waals surface area (Å²) in [5, 5.41) is 0.121. The van der Waals surface area contributed by atoms with E-state index in [0.29, 0.717) is 12.2 Å². The van der Waals surface area contributed by atoms with Crippen molar-refractivity contribution >= 4 is 14.3 Å². The van der Waals surface area contributed by atoms with Crippen LogP contribution in [0.2, 0.25) is 18.1 Å². The molecule has 0 rings (SSSR count). The molecule has 0 bridgehead atoms. The van der Waals surface area contributed by atoms with Crippen LogP contribution < -0.4 is 0 Å². The van der Waals surface area contributed by atoms with E-state index < -0.39 is 8.32 Å². The third kappa shape index (κ3) is 4.64. The molecule has 1 atom stereocenters. The van der Waals surface area contributed by atoms with Crippen LogP contribution in [-0.4, -0.2) is 27.0 Å². The molecule has 0 amide bonds. The van der Waals surface area contributed by atoms with Gasteiger partial charge < -0.3 is 9.16 Å². The van der Waals surface area contributed by atoms with Crippen molar-refractivity contribution in [2.24, 2.45) is 0 Å². The lowest BCUT2D eigenvalue weighted by Crippen LogP contribution is -2.44. The summed E-state index contributed by atoms with van der Waals surface area (Å²) < 4.78 is 11.0. The maximum Gasteiger partial charge on any atom is 0.335 e. The molecule has 4 heteroatoms. The zero-order valence-corrected chi connectivity index (χ0v) is 13.2. The van der Waals surface area contributed by atoms with Gasteiger partial charge in [0.2, 0.25) is 0 Å². The van der Waals surface area contributed by atoms with Crippen LogP contribution in [0.3, 0.4) is 0 Å². The molecule has 0 N–H and O–H groups in total. The van der Waals surface area contributed by atoms with Crippen LogP contribution >= 0.6 is 0 Å². The first-order chi connectivity index (χ1) is 7.53. The van der Waals surface area contributed by atoms with Crippen molar-refractivity contribution in [3.05, 3.63) is 12.2 Å². The Labute approximate surface area is 106 Å². The van der Waals surface area contributed by atoms with E-state index in [2.05, 4.69) is 40.4 Å². The van der Waals surface area contributed by atoms with E-state index in [1.807, 2.05) is 6.92 Å². The van der Waals surface area contributed by atoms with E-state index in [-0.39, 0.29) is 17.1 Å². The summed E-state index contributed by atoms with van der Waals surface area (Å²) in [7, 11) is -1.87. The molecule has 100 valence electrons. The molecular weight excluding hydrogens is 232 g/mol. The van der Waals surface area contributed by atoms with Gasteiger partial charge in [0.15, 0.2) is 8.32 Å². The summed E-state index contributed by atoms with van der Waals surface area (Å²) in [5.74, 6) is -0.362. The average Bonchev–Trinajstić information content (AvgIpc) is 2.14. The summed E-state index contributed by atoms with van der Waals surface area (Å²) in [4.78, 5) is 11.5. The number of esters is 1. The Kier molecular flexibility index (Phi) is 5.61. The van der Waals surface area contributed by atoms with Gasteiger partial charge in [0.05, 0.1) is 18.3 Å². The van der Waals surface area contributed by atoms with Crippen molar-refractivity contribution in [2.75, 3.05) is 6.61 Å². The third-order valence-electron chi connectivity index (χ3n) is 3.31. The normalized spacial score (nSPS) is 14.3. The van der Waals surface area contributed by atoms with E-state index in [0.717, 1.165) is 0 Å². The Morgan fingerprint density at radius 3 is 2.18 bits per heavy atom. The van der Waals surface area contributed by atoms with Gasteiger partial charge in [-0.05, 0) is 32.0 Å². The molecule has 0 aliphatic heterocycles. The van der Waals surface area contributed by atoms with Crippen LogP contribution in [0, 0.1) is 0 Å². The molecule has 0 aliphatic rings. The van der Waals surface area contributed by atoms with Crippen molar-refractivity contribution in [3.63, 3.8) is 0 Å². The fourth-order valence-electron chi connectivity index (χ4n) is 1.08. The summed E-state index contributed by atoms with van der Waals surface area (Å²) in [5.41, 5.74) is 0.400. The minimum atomic E-state index is -1.87. The Morgan fingerprint density at radius 2 is 1.82 bits per heavy atom. The first kappa shape index (κ1) is 16.4. The first-order valence-corrected chi connectivity index (χ1v) is 8.97. The molecule has 0 saturated heterocycles. The SMILES string of the molecule is C=C(C(=O)OCC)C(C)O[Si](C)(C)C(C)(C)C. The summed E-state index contributed by atoms with van der Waals surface area (Å²) >= 11 is 0. The first-order valence-electron chi connectivity index (χ1n) is 6.06. The zero-order valence-electron chi connectivity index (χ0n) is 12.2. The number of ether oxygens (including phenoxy) is 1. The molecule has 0 radical (unpaired) electrons. The molecule has 1 unspecified atom stereocenters. The predicted octanol–water partition coefficient (Wildman–Crippen LogP) is 3.52. The van der Waals surface area contributed by atoms with Crippen LogP contribution in [0.1, 0.15) is 34.6 Å². The highest BCUT2D eigenvalue weighted by Crippen LogP contribution is 2.37. The van der Waals surface area contributed by atoms with Gasteiger partial charge in [-0.15, -0.1) is 0 Å². The quantitative estimate of drug-likeness (QED) is 0.430. The van der Waals surface area contributed by atoms with Crippen molar-refractivity contribution in [1.29, 1.82) is 0 Å². The molecule has 0 heterocycles. The Bertz CT molecular complexity index is 290. The summed E-state index contributed by atoms with van der Waals surface area (Å²) in [6.45, 7) is 18.6. The lowest BCUT2D eigenvalue weighted by Gasteiger charge is -2.38. The number of carbonyl (C=O) groups is 1. The van der Waals surface area contributed by atoms with Crippen molar-refractivity contribution in [3.8, 4) is 0 Å². The van der Waals surface area contributed by atoms with E-state index in [9.17, 15) is 4.79 Å². The predicted molar refractivity (Wildman–Crippen MR) is 73.5 cm³/mol. The van der Waals surface area contributed by atoms with E-state index in [1.165, 1.54) is 0 Å². The summed E-state index contributed by atoms with van der Waals surface area (Å²) in [6.07, 6.45) is -0.282. The van der Waals surface area contributed by atoms with Gasteiger partial charge in [-0.25, -0.2) is 4.79 Å². The average molecular weight is 258 g/mol. The minimum absolute atomic E-state index is 0.121. The second-order valence-electron chi connectivity index (χ2n) is 5.77. The zero-order chi connectivity index (χ0) is 13.9. The van der Waals surface area contributed by atoms with Crippen LogP contribution in [0.4, 0.5) is 0 Å². The van der Waals surface area contributed by atoms with Crippen molar-refractivity contribution < 1.29 is 14.0 Å². The number of hydrogen-bond acceptors (Lipinski definition) is 3.